The zero-order chi connectivity index (χ0) is 13.9. The standard InChI is InChI=1S/C13H16F2O3/c1-4-11(13(2,3)12(16)17)18-10-6-5-8(14)7-9(10)15/h5-7,11H,4H2,1-3H3,(H,16,17). The second-order valence-corrected chi connectivity index (χ2v) is 4.62. The molecule has 0 amide bonds. The van der Waals surface area contributed by atoms with Crippen LogP contribution in [0.25, 0.3) is 0 Å². The molecular weight excluding hydrogens is 242 g/mol. The van der Waals surface area contributed by atoms with Gasteiger partial charge in [0.2, 0.25) is 0 Å². The van der Waals surface area contributed by atoms with Gasteiger partial charge in [-0.25, -0.2) is 8.78 Å². The summed E-state index contributed by atoms with van der Waals surface area (Å²) in [4.78, 5) is 11.1. The Bertz CT molecular complexity index is 444. The van der Waals surface area contributed by atoms with Gasteiger partial charge >= 0.3 is 5.97 Å². The van der Waals surface area contributed by atoms with Crippen LogP contribution in [0.15, 0.2) is 18.2 Å². The van der Waals surface area contributed by atoms with Crippen molar-refractivity contribution in [2.45, 2.75) is 33.3 Å². The van der Waals surface area contributed by atoms with Gasteiger partial charge in [0.1, 0.15) is 11.9 Å². The molecule has 0 saturated heterocycles. The van der Waals surface area contributed by atoms with Crippen LogP contribution in [0, 0.1) is 17.0 Å². The maximum absolute atomic E-state index is 13.4. The van der Waals surface area contributed by atoms with Gasteiger partial charge in [0, 0.05) is 6.07 Å². The van der Waals surface area contributed by atoms with Crippen LogP contribution in [0.5, 0.6) is 5.75 Å². The van der Waals surface area contributed by atoms with Crippen molar-refractivity contribution in [1.82, 2.24) is 0 Å². The number of ether oxygens (including phenoxy) is 1. The zero-order valence-corrected chi connectivity index (χ0v) is 10.5. The monoisotopic (exact) mass is 258 g/mol. The molecule has 0 aliphatic carbocycles. The Morgan fingerprint density at radius 1 is 1.44 bits per heavy atom. The summed E-state index contributed by atoms with van der Waals surface area (Å²) in [6.45, 7) is 4.76. The van der Waals surface area contributed by atoms with E-state index in [2.05, 4.69) is 0 Å². The lowest BCUT2D eigenvalue weighted by atomic mass is 9.85. The number of carboxylic acid groups (broad SMARTS) is 1. The van der Waals surface area contributed by atoms with Crippen LogP contribution in [0.4, 0.5) is 8.78 Å². The normalized spacial score (nSPS) is 13.2. The average Bonchev–Trinajstić information content (AvgIpc) is 2.27. The quantitative estimate of drug-likeness (QED) is 0.882. The molecule has 0 saturated carbocycles. The second-order valence-electron chi connectivity index (χ2n) is 4.62. The molecule has 1 aromatic rings. The van der Waals surface area contributed by atoms with Gasteiger partial charge in [-0.05, 0) is 32.4 Å². The molecule has 0 bridgehead atoms. The third-order valence-electron chi connectivity index (χ3n) is 2.89. The SMILES string of the molecule is CCC(Oc1ccc(F)cc1F)C(C)(C)C(=O)O. The molecule has 0 aliphatic rings. The summed E-state index contributed by atoms with van der Waals surface area (Å²) in [7, 11) is 0. The fourth-order valence-corrected chi connectivity index (χ4v) is 1.60. The number of rotatable bonds is 5. The van der Waals surface area contributed by atoms with Gasteiger partial charge in [0.25, 0.3) is 0 Å². The lowest BCUT2D eigenvalue weighted by Gasteiger charge is -2.30. The predicted octanol–water partition coefficient (Wildman–Crippen LogP) is 3.23. The highest BCUT2D eigenvalue weighted by molar-refractivity contribution is 5.74. The Labute approximate surface area is 104 Å². The van der Waals surface area contributed by atoms with E-state index < -0.39 is 29.1 Å². The number of hydrogen-bond donors (Lipinski definition) is 1. The molecule has 0 heterocycles. The minimum absolute atomic E-state index is 0.141. The first-order valence-electron chi connectivity index (χ1n) is 5.64. The summed E-state index contributed by atoms with van der Waals surface area (Å²) in [6, 6.07) is 2.93. The maximum Gasteiger partial charge on any atom is 0.312 e. The average molecular weight is 258 g/mol. The highest BCUT2D eigenvalue weighted by atomic mass is 19.1. The Balaban J connectivity index is 2.96. The van der Waals surface area contributed by atoms with E-state index in [1.54, 1.807) is 6.92 Å². The van der Waals surface area contributed by atoms with Crippen molar-refractivity contribution in [3.63, 3.8) is 0 Å². The van der Waals surface area contributed by atoms with Crippen LogP contribution in [0.1, 0.15) is 27.2 Å². The fourth-order valence-electron chi connectivity index (χ4n) is 1.60. The summed E-state index contributed by atoms with van der Waals surface area (Å²) < 4.78 is 31.5. The van der Waals surface area contributed by atoms with E-state index in [0.29, 0.717) is 12.5 Å². The Morgan fingerprint density at radius 2 is 2.06 bits per heavy atom. The molecule has 0 aromatic heterocycles. The van der Waals surface area contributed by atoms with Crippen molar-refractivity contribution in [2.24, 2.45) is 5.41 Å². The van der Waals surface area contributed by atoms with Crippen LogP contribution in [0.3, 0.4) is 0 Å². The van der Waals surface area contributed by atoms with Crippen molar-refractivity contribution in [2.75, 3.05) is 0 Å². The number of carboxylic acids is 1. The molecule has 100 valence electrons. The van der Waals surface area contributed by atoms with Crippen molar-refractivity contribution in [1.29, 1.82) is 0 Å². The van der Waals surface area contributed by atoms with E-state index in [9.17, 15) is 13.6 Å². The summed E-state index contributed by atoms with van der Waals surface area (Å²) in [5.74, 6) is -2.71. The fraction of sp³-hybridized carbons (Fsp3) is 0.462. The summed E-state index contributed by atoms with van der Waals surface area (Å²) in [5.41, 5.74) is -1.16. The lowest BCUT2D eigenvalue weighted by molar-refractivity contribution is -0.152. The van der Waals surface area contributed by atoms with E-state index in [1.165, 1.54) is 13.8 Å². The molecule has 18 heavy (non-hydrogen) atoms. The van der Waals surface area contributed by atoms with Crippen LogP contribution < -0.4 is 4.74 Å². The van der Waals surface area contributed by atoms with Crippen LogP contribution in [0.2, 0.25) is 0 Å². The third-order valence-corrected chi connectivity index (χ3v) is 2.89. The van der Waals surface area contributed by atoms with Crippen molar-refractivity contribution in [3.8, 4) is 5.75 Å². The van der Waals surface area contributed by atoms with Gasteiger partial charge in [-0.1, -0.05) is 6.92 Å². The molecular formula is C13H16F2O3. The van der Waals surface area contributed by atoms with Gasteiger partial charge in [-0.3, -0.25) is 4.79 Å². The van der Waals surface area contributed by atoms with Crippen LogP contribution >= 0.6 is 0 Å². The largest absolute Gasteiger partial charge is 0.486 e. The number of aliphatic carboxylic acids is 1. The van der Waals surface area contributed by atoms with Crippen LogP contribution in [-0.2, 0) is 4.79 Å². The number of benzene rings is 1. The molecule has 5 heteroatoms. The molecule has 3 nitrogen and oxygen atoms in total. The first kappa shape index (κ1) is 14.4. The van der Waals surface area contributed by atoms with Gasteiger partial charge in [0.05, 0.1) is 5.41 Å². The first-order valence-corrected chi connectivity index (χ1v) is 5.64. The highest BCUT2D eigenvalue weighted by Crippen LogP contribution is 2.29. The van der Waals surface area contributed by atoms with E-state index in [0.717, 1.165) is 12.1 Å². The van der Waals surface area contributed by atoms with E-state index in [4.69, 9.17) is 9.84 Å². The minimum Gasteiger partial charge on any atom is -0.486 e. The summed E-state index contributed by atoms with van der Waals surface area (Å²) in [5, 5.41) is 9.10. The van der Waals surface area contributed by atoms with Gasteiger partial charge in [-0.15, -0.1) is 0 Å². The van der Waals surface area contributed by atoms with Gasteiger partial charge in [-0.2, -0.15) is 0 Å². The molecule has 1 rings (SSSR count). The second kappa shape index (κ2) is 5.33. The summed E-state index contributed by atoms with van der Waals surface area (Å²) in [6.07, 6.45) is -0.300. The first-order chi connectivity index (χ1) is 8.28. The molecule has 0 spiro atoms. The molecule has 1 atom stereocenters. The summed E-state index contributed by atoms with van der Waals surface area (Å²) >= 11 is 0. The zero-order valence-electron chi connectivity index (χ0n) is 10.5. The van der Waals surface area contributed by atoms with Crippen molar-refractivity contribution >= 4 is 5.97 Å². The van der Waals surface area contributed by atoms with Crippen molar-refractivity contribution in [3.05, 3.63) is 29.8 Å². The highest BCUT2D eigenvalue weighted by Gasteiger charge is 2.38. The Kier molecular flexibility index (Phi) is 4.27. The van der Waals surface area contributed by atoms with Crippen molar-refractivity contribution < 1.29 is 23.4 Å². The maximum atomic E-state index is 13.4. The molecule has 0 radical (unpaired) electrons. The van der Waals surface area contributed by atoms with E-state index in [1.807, 2.05) is 0 Å². The van der Waals surface area contributed by atoms with Crippen LogP contribution in [-0.4, -0.2) is 17.2 Å². The molecule has 1 aromatic carbocycles. The predicted molar refractivity (Wildman–Crippen MR) is 62.5 cm³/mol. The molecule has 0 fully saturated rings. The molecule has 0 aliphatic heterocycles. The number of carbonyl (C=O) groups is 1. The topological polar surface area (TPSA) is 46.5 Å². The minimum atomic E-state index is -1.16. The smallest absolute Gasteiger partial charge is 0.312 e. The Morgan fingerprint density at radius 3 is 2.50 bits per heavy atom. The van der Waals surface area contributed by atoms with Gasteiger partial charge in [0.15, 0.2) is 11.6 Å². The number of hydrogen-bond acceptors (Lipinski definition) is 2. The third kappa shape index (κ3) is 2.97. The lowest BCUT2D eigenvalue weighted by Crippen LogP contribution is -2.40. The Hall–Kier alpha value is -1.65. The molecule has 1 N–H and O–H groups in total. The number of halogens is 2. The van der Waals surface area contributed by atoms with E-state index in [-0.39, 0.29) is 5.75 Å². The van der Waals surface area contributed by atoms with E-state index >= 15 is 0 Å². The van der Waals surface area contributed by atoms with Gasteiger partial charge < -0.3 is 9.84 Å². The molecule has 1 unspecified atom stereocenters.